The van der Waals surface area contributed by atoms with Crippen LogP contribution in [0.15, 0.2) is 67.1 Å². The number of ether oxygens (including phenoxy) is 1. The van der Waals surface area contributed by atoms with Crippen molar-refractivity contribution in [2.75, 3.05) is 66.4 Å². The number of amides is 5. The van der Waals surface area contributed by atoms with Crippen molar-refractivity contribution < 1.29 is 33.8 Å². The van der Waals surface area contributed by atoms with Crippen LogP contribution in [0.25, 0.3) is 11.1 Å². The number of anilines is 5. The number of rotatable bonds is 10. The number of carbonyl (C=O) groups is 5. The van der Waals surface area contributed by atoms with Gasteiger partial charge in [0.1, 0.15) is 29.1 Å². The maximum absolute atomic E-state index is 14.0. The van der Waals surface area contributed by atoms with Gasteiger partial charge in [0.2, 0.25) is 17.7 Å². The molecule has 1 aromatic carbocycles. The molecule has 5 aromatic rings. The topological polar surface area (TPSA) is 199 Å². The third kappa shape index (κ3) is 7.92. The summed E-state index contributed by atoms with van der Waals surface area (Å²) in [5.41, 5.74) is 8.41. The number of hydrogen-bond donors (Lipinski definition) is 3. The quantitative estimate of drug-likeness (QED) is 0.159. The first-order chi connectivity index (χ1) is 33.8. The van der Waals surface area contributed by atoms with Crippen LogP contribution in [0.5, 0.6) is 5.88 Å². The van der Waals surface area contributed by atoms with Gasteiger partial charge in [-0.05, 0) is 104 Å². The van der Waals surface area contributed by atoms with E-state index in [0.29, 0.717) is 64.7 Å². The van der Waals surface area contributed by atoms with Gasteiger partial charge in [0.25, 0.3) is 17.7 Å². The summed E-state index contributed by atoms with van der Waals surface area (Å²) < 4.78 is 7.84. The van der Waals surface area contributed by atoms with Crippen LogP contribution in [0.3, 0.4) is 0 Å². The Morgan fingerprint density at radius 2 is 1.61 bits per heavy atom. The lowest BCUT2D eigenvalue weighted by Crippen LogP contribution is -2.57. The van der Waals surface area contributed by atoms with E-state index in [1.165, 1.54) is 11.3 Å². The van der Waals surface area contributed by atoms with Crippen molar-refractivity contribution in [3.63, 3.8) is 0 Å². The molecule has 0 spiro atoms. The number of benzene rings is 1. The van der Waals surface area contributed by atoms with Crippen molar-refractivity contribution in [3.8, 4) is 17.0 Å². The highest BCUT2D eigenvalue weighted by Gasteiger charge is 2.45. The predicted octanol–water partition coefficient (Wildman–Crippen LogP) is 4.95. The molecule has 70 heavy (non-hydrogen) atoms. The predicted molar refractivity (Wildman–Crippen MR) is 261 cm³/mol. The van der Waals surface area contributed by atoms with Gasteiger partial charge < -0.3 is 29.5 Å². The van der Waals surface area contributed by atoms with Gasteiger partial charge in [0, 0.05) is 99.2 Å². The van der Waals surface area contributed by atoms with E-state index in [-0.39, 0.29) is 42.4 Å². The van der Waals surface area contributed by atoms with Gasteiger partial charge in [0.05, 0.1) is 36.7 Å². The second kappa shape index (κ2) is 17.7. The number of carbonyl (C=O) groups excluding carboxylic acids is 5. The van der Waals surface area contributed by atoms with E-state index in [4.69, 9.17) is 9.72 Å². The number of imide groups is 2. The van der Waals surface area contributed by atoms with E-state index >= 15 is 0 Å². The minimum Gasteiger partial charge on any atom is -0.480 e. The van der Waals surface area contributed by atoms with Gasteiger partial charge >= 0.3 is 0 Å². The monoisotopic (exact) mass is 947 g/mol. The largest absolute Gasteiger partial charge is 0.480 e. The molecule has 2 atom stereocenters. The maximum atomic E-state index is 14.0. The normalized spacial score (nSPS) is 21.5. The van der Waals surface area contributed by atoms with Gasteiger partial charge in [0.15, 0.2) is 0 Å². The maximum Gasteiger partial charge on any atom is 0.276 e. The molecule has 4 aromatic heterocycles. The molecule has 1 aliphatic carbocycles. The molecule has 3 N–H and O–H groups in total. The second-order valence-corrected chi connectivity index (χ2v) is 20.2. The van der Waals surface area contributed by atoms with Crippen LogP contribution in [0.1, 0.15) is 94.5 Å². The molecule has 362 valence electrons. The summed E-state index contributed by atoms with van der Waals surface area (Å²) in [6.07, 6.45) is 9.27. The van der Waals surface area contributed by atoms with Gasteiger partial charge in [-0.25, -0.2) is 15.0 Å². The Morgan fingerprint density at radius 3 is 2.36 bits per heavy atom. The summed E-state index contributed by atoms with van der Waals surface area (Å²) in [4.78, 5) is 88.9. The minimum atomic E-state index is -0.988. The molecule has 18 nitrogen and oxygen atoms in total. The Labute approximate surface area is 405 Å². The Balaban J connectivity index is 0.716. The number of fused-ring (bicyclic) bond motifs is 4. The Bertz CT molecular complexity index is 2960. The van der Waals surface area contributed by atoms with E-state index in [9.17, 15) is 29.1 Å². The van der Waals surface area contributed by atoms with Crippen LogP contribution in [-0.2, 0) is 35.6 Å². The summed E-state index contributed by atoms with van der Waals surface area (Å²) in [6, 6.07) is 14.8. The molecule has 18 heteroatoms. The average Bonchev–Trinajstić information content (AvgIpc) is 3.95. The zero-order valence-corrected chi connectivity index (χ0v) is 39.9. The van der Waals surface area contributed by atoms with E-state index in [1.807, 2.05) is 36.5 Å². The van der Waals surface area contributed by atoms with Crippen LogP contribution in [0.4, 0.5) is 28.7 Å². The van der Waals surface area contributed by atoms with Gasteiger partial charge in [-0.1, -0.05) is 13.8 Å². The van der Waals surface area contributed by atoms with Crippen molar-refractivity contribution >= 4 is 58.2 Å². The first-order valence-electron chi connectivity index (χ1n) is 24.3. The highest BCUT2D eigenvalue weighted by molar-refractivity contribution is 6.23. The lowest BCUT2D eigenvalue weighted by atomic mass is 9.90. The van der Waals surface area contributed by atoms with E-state index in [1.54, 1.807) is 36.5 Å². The molecule has 0 saturated carbocycles. The minimum absolute atomic E-state index is 0.0825. The molecule has 5 amide bonds. The molecule has 11 rings (SSSR count). The van der Waals surface area contributed by atoms with Gasteiger partial charge in [-0.2, -0.15) is 0 Å². The number of aliphatic hydroxyl groups excluding tert-OH is 1. The van der Waals surface area contributed by atoms with Crippen molar-refractivity contribution in [2.24, 2.45) is 5.41 Å². The number of nitrogens with zero attached hydrogens (tertiary/aromatic N) is 9. The van der Waals surface area contributed by atoms with Crippen LogP contribution in [-0.4, -0.2) is 128 Å². The summed E-state index contributed by atoms with van der Waals surface area (Å²) >= 11 is 0. The van der Waals surface area contributed by atoms with Gasteiger partial charge in [-0.15, -0.1) is 0 Å². The fourth-order valence-electron chi connectivity index (χ4n) is 11.7. The fourth-order valence-corrected chi connectivity index (χ4v) is 11.7. The number of methoxy groups -OCH3 is 1. The first-order valence-corrected chi connectivity index (χ1v) is 24.3. The average molecular weight is 948 g/mol. The Kier molecular flexibility index (Phi) is 11.4. The smallest absolute Gasteiger partial charge is 0.276 e. The van der Waals surface area contributed by atoms with Crippen molar-refractivity contribution in [3.05, 3.63) is 101 Å². The number of aliphatic hydroxyl groups is 1. The molecule has 0 bridgehead atoms. The third-order valence-electron chi connectivity index (χ3n) is 15.2. The van der Waals surface area contributed by atoms with Crippen LogP contribution in [0, 0.1) is 5.41 Å². The summed E-state index contributed by atoms with van der Waals surface area (Å²) in [5.74, 6) is -0.686. The molecule has 3 fully saturated rings. The Hall–Kier alpha value is -7.18. The molecular weight excluding hydrogens is 891 g/mol. The SMILES string of the molecule is COc1ncc(-c2ccnc(N3CCn4c(cc5c4CC(C)(C)C5)C3=O)c2CO)cc1Nc1ccc(N2CCN(C3CCN(c4ccc5c(c4)C(=O)N([C@H]4CCC(=O)NC4=O)C5=O)CC3)C[C@@H]2C)cn1. The molecule has 9 heterocycles. The Morgan fingerprint density at radius 1 is 0.814 bits per heavy atom. The molecule has 3 saturated heterocycles. The number of pyridine rings is 3. The number of nitrogens with one attached hydrogen (secondary N) is 2. The van der Waals surface area contributed by atoms with Crippen molar-refractivity contribution in [1.82, 2.24) is 34.6 Å². The van der Waals surface area contributed by atoms with Crippen molar-refractivity contribution in [1.29, 1.82) is 0 Å². The van der Waals surface area contributed by atoms with E-state index in [0.717, 1.165) is 80.2 Å². The van der Waals surface area contributed by atoms with Gasteiger partial charge in [-0.3, -0.25) is 44.0 Å². The number of piperazine rings is 1. The van der Waals surface area contributed by atoms with Crippen LogP contribution < -0.4 is 30.1 Å². The molecule has 6 aliphatic rings. The summed E-state index contributed by atoms with van der Waals surface area (Å²) in [7, 11) is 1.56. The highest BCUT2D eigenvalue weighted by Crippen LogP contribution is 2.41. The lowest BCUT2D eigenvalue weighted by Gasteiger charge is -2.46. The van der Waals surface area contributed by atoms with Crippen molar-refractivity contribution in [2.45, 2.75) is 90.6 Å². The lowest BCUT2D eigenvalue weighted by molar-refractivity contribution is -0.136. The summed E-state index contributed by atoms with van der Waals surface area (Å²) in [5, 5.41) is 16.5. The van der Waals surface area contributed by atoms with E-state index < -0.39 is 29.7 Å². The molecular formula is C52H57N11O7. The standard InChI is InChI=1S/C52H57N11O7/c1-30-28-59(33-12-15-58(16-13-33)34-5-7-37-38(23-34)50(68)63(49(37)67)41-8-10-45(65)57-47(41)66)17-18-60(30)35-6-9-44(54-27-35)56-40-21-32(26-55-48(40)70-4)36-11-14-53-46(39(36)29-64)62-20-19-61-42(51(62)69)22-31-24-52(2,3)25-43(31)61/h5-7,9,11,14,21-23,26-27,30,33,41,64H,8,10,12-13,15-20,24-25,28-29H2,1-4H3,(H,54,56)(H,57,65,66)/t30-,41-/m0/s1. The molecule has 0 radical (unpaired) electrons. The summed E-state index contributed by atoms with van der Waals surface area (Å²) in [6.45, 7) is 11.8. The number of hydrogen-bond acceptors (Lipinski definition) is 14. The third-order valence-corrected chi connectivity index (χ3v) is 15.2. The molecule has 5 aliphatic heterocycles. The zero-order valence-electron chi connectivity index (χ0n) is 39.9. The fraction of sp³-hybridized carbons (Fsp3) is 0.423. The number of piperidine rings is 2. The second-order valence-electron chi connectivity index (χ2n) is 20.2. The van der Waals surface area contributed by atoms with Crippen LogP contribution in [0.2, 0.25) is 0 Å². The molecule has 0 unspecified atom stereocenters. The number of aromatic nitrogens is 4. The van der Waals surface area contributed by atoms with E-state index in [2.05, 4.69) is 66.7 Å². The van der Waals surface area contributed by atoms with Crippen LogP contribution >= 0.6 is 0 Å². The first kappa shape index (κ1) is 45.3. The highest BCUT2D eigenvalue weighted by atomic mass is 16.5. The zero-order chi connectivity index (χ0) is 48.6.